The molecule has 21 heavy (non-hydrogen) atoms. The second-order valence-corrected chi connectivity index (χ2v) is 5.77. The van der Waals surface area contributed by atoms with Crippen molar-refractivity contribution < 1.29 is 4.79 Å². The number of nitrogens with zero attached hydrogens (tertiary/aromatic N) is 2. The summed E-state index contributed by atoms with van der Waals surface area (Å²) in [6, 6.07) is 12.7. The summed E-state index contributed by atoms with van der Waals surface area (Å²) in [7, 11) is 3.42. The van der Waals surface area contributed by atoms with Crippen molar-refractivity contribution >= 4 is 32.7 Å². The highest BCUT2D eigenvalue weighted by Gasteiger charge is 2.16. The van der Waals surface area contributed by atoms with Crippen molar-refractivity contribution in [2.45, 2.75) is 0 Å². The van der Waals surface area contributed by atoms with Crippen molar-refractivity contribution in [1.82, 2.24) is 9.13 Å². The van der Waals surface area contributed by atoms with Gasteiger partial charge in [0.25, 0.3) is 0 Å². The minimum atomic E-state index is -0.110. The lowest BCUT2D eigenvalue weighted by atomic mass is 10.0. The molecule has 0 spiro atoms. The van der Waals surface area contributed by atoms with E-state index in [4.69, 9.17) is 0 Å². The smallest absolute Gasteiger partial charge is 0.295 e. The van der Waals surface area contributed by atoms with E-state index < -0.39 is 0 Å². The molecule has 2 aromatic carbocycles. The van der Waals surface area contributed by atoms with Gasteiger partial charge in [0.15, 0.2) is 5.78 Å². The maximum atomic E-state index is 12.6. The summed E-state index contributed by atoms with van der Waals surface area (Å²) in [6.07, 6.45) is 0. The number of benzene rings is 2. The molecule has 0 aliphatic carbocycles. The molecule has 4 nitrogen and oxygen atoms in total. The third-order valence-corrected chi connectivity index (χ3v) is 4.30. The Labute approximate surface area is 129 Å². The second kappa shape index (κ2) is 5.00. The van der Waals surface area contributed by atoms with Crippen LogP contribution in [0.25, 0.3) is 11.0 Å². The first kappa shape index (κ1) is 13.8. The second-order valence-electron chi connectivity index (χ2n) is 4.92. The quantitative estimate of drug-likeness (QED) is 0.671. The first-order valence-electron chi connectivity index (χ1n) is 6.45. The van der Waals surface area contributed by atoms with E-state index in [0.29, 0.717) is 15.6 Å². The zero-order chi connectivity index (χ0) is 15.1. The maximum absolute atomic E-state index is 12.6. The van der Waals surface area contributed by atoms with Gasteiger partial charge in [-0.2, -0.15) is 0 Å². The van der Waals surface area contributed by atoms with Crippen molar-refractivity contribution in [2.75, 3.05) is 0 Å². The van der Waals surface area contributed by atoms with E-state index in [1.807, 2.05) is 24.3 Å². The van der Waals surface area contributed by atoms with E-state index in [-0.39, 0.29) is 11.5 Å². The topological polar surface area (TPSA) is 44.0 Å². The van der Waals surface area contributed by atoms with Gasteiger partial charge in [0, 0.05) is 29.7 Å². The van der Waals surface area contributed by atoms with Crippen molar-refractivity contribution in [3.8, 4) is 0 Å². The number of fused-ring (bicyclic) bond motifs is 1. The number of aromatic nitrogens is 2. The molecule has 0 aliphatic heterocycles. The van der Waals surface area contributed by atoms with Crippen LogP contribution in [0.5, 0.6) is 0 Å². The van der Waals surface area contributed by atoms with E-state index >= 15 is 0 Å². The van der Waals surface area contributed by atoms with Crippen molar-refractivity contribution in [3.63, 3.8) is 0 Å². The van der Waals surface area contributed by atoms with Crippen molar-refractivity contribution in [2.24, 2.45) is 14.1 Å². The molecule has 1 aromatic heterocycles. The summed E-state index contributed by atoms with van der Waals surface area (Å²) in [5.74, 6) is -0.0688. The molecule has 0 fully saturated rings. The Hall–Kier alpha value is -2.14. The molecule has 0 atom stereocenters. The van der Waals surface area contributed by atoms with Gasteiger partial charge in [-0.05, 0) is 28.1 Å². The molecule has 3 aromatic rings. The molecule has 5 heteroatoms. The number of rotatable bonds is 2. The average Bonchev–Trinajstić information content (AvgIpc) is 2.71. The number of hydrogen-bond acceptors (Lipinski definition) is 2. The van der Waals surface area contributed by atoms with Crippen LogP contribution in [-0.2, 0) is 14.1 Å². The molecule has 3 rings (SSSR count). The highest BCUT2D eigenvalue weighted by Crippen LogP contribution is 2.25. The Kier molecular flexibility index (Phi) is 3.29. The zero-order valence-corrected chi connectivity index (χ0v) is 13.2. The van der Waals surface area contributed by atoms with Crippen LogP contribution in [0.4, 0.5) is 0 Å². The fourth-order valence-electron chi connectivity index (χ4n) is 2.44. The number of imidazole rings is 1. The van der Waals surface area contributed by atoms with E-state index in [2.05, 4.69) is 15.9 Å². The fourth-order valence-corrected chi connectivity index (χ4v) is 2.95. The third kappa shape index (κ3) is 2.14. The molecule has 0 saturated heterocycles. The van der Waals surface area contributed by atoms with Crippen LogP contribution in [-0.4, -0.2) is 14.9 Å². The Balaban J connectivity index is 2.25. The van der Waals surface area contributed by atoms with Crippen LogP contribution in [0.2, 0.25) is 0 Å². The molecular formula is C16H13BrN2O2. The monoisotopic (exact) mass is 344 g/mol. The van der Waals surface area contributed by atoms with E-state index in [1.54, 1.807) is 41.4 Å². The summed E-state index contributed by atoms with van der Waals surface area (Å²) < 4.78 is 3.80. The van der Waals surface area contributed by atoms with Crippen LogP contribution >= 0.6 is 15.9 Å². The van der Waals surface area contributed by atoms with Gasteiger partial charge in [-0.1, -0.05) is 30.3 Å². The van der Waals surface area contributed by atoms with Gasteiger partial charge in [-0.3, -0.25) is 13.9 Å². The van der Waals surface area contributed by atoms with Crippen LogP contribution in [0.3, 0.4) is 0 Å². The first-order valence-corrected chi connectivity index (χ1v) is 7.24. The molecule has 0 radical (unpaired) electrons. The molecule has 0 aliphatic rings. The van der Waals surface area contributed by atoms with Crippen LogP contribution < -0.4 is 5.69 Å². The summed E-state index contributed by atoms with van der Waals surface area (Å²) >= 11 is 3.44. The van der Waals surface area contributed by atoms with Crippen molar-refractivity contribution in [1.29, 1.82) is 0 Å². The number of ketones is 1. The zero-order valence-electron chi connectivity index (χ0n) is 11.6. The standard InChI is InChI=1S/C16H13BrN2O2/c1-18-13-8-11(15(20)10-6-4-3-5-7-10)12(17)9-14(13)19(2)16(18)21/h3-9H,1-2H3. The molecule has 0 amide bonds. The van der Waals surface area contributed by atoms with Gasteiger partial charge in [0.05, 0.1) is 11.0 Å². The summed E-state index contributed by atoms with van der Waals surface area (Å²) in [6.45, 7) is 0. The summed E-state index contributed by atoms with van der Waals surface area (Å²) in [4.78, 5) is 24.6. The normalized spacial score (nSPS) is 11.0. The highest BCUT2D eigenvalue weighted by atomic mass is 79.9. The first-order chi connectivity index (χ1) is 10.0. The van der Waals surface area contributed by atoms with Gasteiger partial charge >= 0.3 is 5.69 Å². The summed E-state index contributed by atoms with van der Waals surface area (Å²) in [5, 5.41) is 0. The van der Waals surface area contributed by atoms with Crippen LogP contribution in [0, 0.1) is 0 Å². The SMILES string of the molecule is Cn1c(=O)n(C)c2cc(C(=O)c3ccccc3)c(Br)cc21. The van der Waals surface area contributed by atoms with Crippen molar-refractivity contribution in [3.05, 3.63) is 68.5 Å². The number of carbonyl (C=O) groups excluding carboxylic acids is 1. The van der Waals surface area contributed by atoms with Gasteiger partial charge in [0.2, 0.25) is 0 Å². The van der Waals surface area contributed by atoms with Gasteiger partial charge in [0.1, 0.15) is 0 Å². The lowest BCUT2D eigenvalue weighted by molar-refractivity contribution is 0.103. The van der Waals surface area contributed by atoms with Gasteiger partial charge in [-0.25, -0.2) is 4.79 Å². The Bertz CT molecular complexity index is 907. The van der Waals surface area contributed by atoms with E-state index in [1.165, 1.54) is 0 Å². The number of hydrogen-bond donors (Lipinski definition) is 0. The number of halogens is 1. The number of aryl methyl sites for hydroxylation is 2. The molecule has 0 N–H and O–H groups in total. The Morgan fingerprint density at radius 2 is 1.57 bits per heavy atom. The Morgan fingerprint density at radius 3 is 2.19 bits per heavy atom. The lowest BCUT2D eigenvalue weighted by Gasteiger charge is -2.05. The van der Waals surface area contributed by atoms with E-state index in [0.717, 1.165) is 11.0 Å². The highest BCUT2D eigenvalue weighted by molar-refractivity contribution is 9.10. The molecule has 0 unspecified atom stereocenters. The predicted octanol–water partition coefficient (Wildman–Crippen LogP) is 2.87. The average molecular weight is 345 g/mol. The Morgan fingerprint density at radius 1 is 1.00 bits per heavy atom. The summed E-state index contributed by atoms with van der Waals surface area (Å²) in [5.41, 5.74) is 2.60. The van der Waals surface area contributed by atoms with Crippen LogP contribution in [0.15, 0.2) is 51.7 Å². The van der Waals surface area contributed by atoms with E-state index in [9.17, 15) is 9.59 Å². The lowest BCUT2D eigenvalue weighted by Crippen LogP contribution is -2.19. The largest absolute Gasteiger partial charge is 0.328 e. The molecular weight excluding hydrogens is 332 g/mol. The molecule has 0 bridgehead atoms. The minimum Gasteiger partial charge on any atom is -0.295 e. The number of carbonyl (C=O) groups is 1. The molecule has 106 valence electrons. The minimum absolute atomic E-state index is 0.0688. The maximum Gasteiger partial charge on any atom is 0.328 e. The third-order valence-electron chi connectivity index (χ3n) is 3.64. The molecule has 1 heterocycles. The van der Waals surface area contributed by atoms with Gasteiger partial charge < -0.3 is 0 Å². The fraction of sp³-hybridized carbons (Fsp3) is 0.125. The van der Waals surface area contributed by atoms with Gasteiger partial charge in [-0.15, -0.1) is 0 Å². The molecule has 0 saturated carbocycles. The van der Waals surface area contributed by atoms with Crippen LogP contribution in [0.1, 0.15) is 15.9 Å². The predicted molar refractivity (Wildman–Crippen MR) is 85.7 cm³/mol.